The largest absolute Gasteiger partial charge is 0.381 e. The van der Waals surface area contributed by atoms with E-state index < -0.39 is 0 Å². The number of nitrogens with one attached hydrogen (secondary N) is 1. The van der Waals surface area contributed by atoms with E-state index in [9.17, 15) is 0 Å². The molecular weight excluding hydrogens is 242 g/mol. The van der Waals surface area contributed by atoms with Gasteiger partial charge in [0.05, 0.1) is 25.9 Å². The molecule has 0 radical (unpaired) electrons. The van der Waals surface area contributed by atoms with E-state index in [1.54, 1.807) is 0 Å². The molecule has 0 aromatic heterocycles. The van der Waals surface area contributed by atoms with Gasteiger partial charge in [0.1, 0.15) is 0 Å². The van der Waals surface area contributed by atoms with Crippen molar-refractivity contribution in [1.29, 1.82) is 0 Å². The minimum absolute atomic E-state index is 0.210. The minimum atomic E-state index is -0.332. The van der Waals surface area contributed by atoms with Gasteiger partial charge in [-0.15, -0.1) is 0 Å². The van der Waals surface area contributed by atoms with Gasteiger partial charge in [0.2, 0.25) is 0 Å². The first-order chi connectivity index (χ1) is 9.27. The molecule has 2 heterocycles. The zero-order valence-corrected chi connectivity index (χ0v) is 12.0. The predicted molar refractivity (Wildman–Crippen MR) is 73.0 cm³/mol. The van der Waals surface area contributed by atoms with E-state index in [4.69, 9.17) is 14.2 Å². The Morgan fingerprint density at radius 3 is 2.68 bits per heavy atom. The van der Waals surface area contributed by atoms with Crippen molar-refractivity contribution < 1.29 is 14.2 Å². The van der Waals surface area contributed by atoms with Crippen LogP contribution >= 0.6 is 0 Å². The highest BCUT2D eigenvalue weighted by Gasteiger charge is 2.42. The average molecular weight is 269 g/mol. The molecule has 1 aliphatic carbocycles. The Hall–Kier alpha value is -0.160. The Bertz CT molecular complexity index is 285. The molecular formula is C15H27NO3. The van der Waals surface area contributed by atoms with Gasteiger partial charge in [-0.05, 0) is 25.7 Å². The second kappa shape index (κ2) is 6.08. The van der Waals surface area contributed by atoms with Gasteiger partial charge in [0, 0.05) is 25.4 Å². The van der Waals surface area contributed by atoms with Gasteiger partial charge in [-0.25, -0.2) is 0 Å². The number of hydrogen-bond donors (Lipinski definition) is 1. The molecule has 3 rings (SSSR count). The minimum Gasteiger partial charge on any atom is -0.381 e. The van der Waals surface area contributed by atoms with Gasteiger partial charge in [-0.1, -0.05) is 12.8 Å². The third-order valence-electron chi connectivity index (χ3n) is 4.94. The van der Waals surface area contributed by atoms with Crippen molar-refractivity contribution >= 4 is 0 Å². The zero-order valence-electron chi connectivity index (χ0n) is 12.0. The van der Waals surface area contributed by atoms with Crippen LogP contribution in [0.25, 0.3) is 0 Å². The van der Waals surface area contributed by atoms with Gasteiger partial charge in [0.15, 0.2) is 5.79 Å². The lowest BCUT2D eigenvalue weighted by Crippen LogP contribution is -2.41. The molecule has 1 saturated carbocycles. The normalized spacial score (nSPS) is 33.0. The molecule has 0 aromatic rings. The molecule has 0 bridgehead atoms. The van der Waals surface area contributed by atoms with Crippen LogP contribution in [0.3, 0.4) is 0 Å². The van der Waals surface area contributed by atoms with Crippen LogP contribution < -0.4 is 5.32 Å². The van der Waals surface area contributed by atoms with Crippen LogP contribution in [0.4, 0.5) is 0 Å². The van der Waals surface area contributed by atoms with E-state index in [1.807, 2.05) is 0 Å². The first-order valence-corrected chi connectivity index (χ1v) is 7.90. The summed E-state index contributed by atoms with van der Waals surface area (Å²) in [4.78, 5) is 0. The summed E-state index contributed by atoms with van der Waals surface area (Å²) in [6.45, 7) is 5.48. The highest BCUT2D eigenvalue weighted by molar-refractivity contribution is 4.84. The van der Waals surface area contributed by atoms with E-state index in [2.05, 4.69) is 12.2 Å². The third-order valence-corrected chi connectivity index (χ3v) is 4.94. The molecule has 2 aliphatic heterocycles. The van der Waals surface area contributed by atoms with E-state index in [0.717, 1.165) is 45.1 Å². The Kier molecular flexibility index (Phi) is 4.42. The van der Waals surface area contributed by atoms with Crippen molar-refractivity contribution in [1.82, 2.24) is 5.32 Å². The first-order valence-electron chi connectivity index (χ1n) is 7.90. The van der Waals surface area contributed by atoms with Gasteiger partial charge >= 0.3 is 0 Å². The quantitative estimate of drug-likeness (QED) is 0.848. The highest BCUT2D eigenvalue weighted by Crippen LogP contribution is 2.33. The van der Waals surface area contributed by atoms with Crippen molar-refractivity contribution in [3.8, 4) is 0 Å². The van der Waals surface area contributed by atoms with Crippen LogP contribution in [-0.2, 0) is 14.2 Å². The summed E-state index contributed by atoms with van der Waals surface area (Å²) in [7, 11) is 0. The summed E-state index contributed by atoms with van der Waals surface area (Å²) < 4.78 is 17.4. The van der Waals surface area contributed by atoms with Crippen molar-refractivity contribution in [2.75, 3.05) is 26.4 Å². The Balaban J connectivity index is 1.41. The molecule has 3 fully saturated rings. The summed E-state index contributed by atoms with van der Waals surface area (Å²) in [5.74, 6) is 0.528. The van der Waals surface area contributed by atoms with Crippen LogP contribution in [0, 0.1) is 5.92 Å². The maximum atomic E-state index is 6.14. The van der Waals surface area contributed by atoms with Crippen molar-refractivity contribution in [2.24, 2.45) is 5.92 Å². The molecule has 0 aromatic carbocycles. The van der Waals surface area contributed by atoms with Gasteiger partial charge in [0.25, 0.3) is 0 Å². The standard InChI is InChI=1S/C15H27NO3/c1-12(13-4-2-3-5-13)16-10-14-11-18-15(19-14)6-8-17-9-7-15/h12-14,16H,2-11H2,1H3/t12-,14-/m1/s1. The molecule has 4 heteroatoms. The highest BCUT2D eigenvalue weighted by atomic mass is 16.7. The molecule has 19 heavy (non-hydrogen) atoms. The first kappa shape index (κ1) is 13.8. The van der Waals surface area contributed by atoms with Crippen LogP contribution in [0.2, 0.25) is 0 Å². The predicted octanol–water partition coefficient (Wildman–Crippen LogP) is 2.08. The smallest absolute Gasteiger partial charge is 0.173 e. The van der Waals surface area contributed by atoms with Crippen LogP contribution in [0.15, 0.2) is 0 Å². The summed E-state index contributed by atoms with van der Waals surface area (Å²) in [6, 6.07) is 0.609. The van der Waals surface area contributed by atoms with E-state index in [0.29, 0.717) is 6.04 Å². The van der Waals surface area contributed by atoms with Crippen molar-refractivity contribution in [3.05, 3.63) is 0 Å². The average Bonchev–Trinajstić information content (AvgIpc) is 3.08. The van der Waals surface area contributed by atoms with Crippen molar-refractivity contribution in [2.45, 2.75) is 63.4 Å². The van der Waals surface area contributed by atoms with E-state index in [-0.39, 0.29) is 11.9 Å². The molecule has 110 valence electrons. The fourth-order valence-corrected chi connectivity index (χ4v) is 3.60. The molecule has 2 saturated heterocycles. The summed E-state index contributed by atoms with van der Waals surface area (Å²) in [5.41, 5.74) is 0. The molecule has 1 spiro atoms. The molecule has 4 nitrogen and oxygen atoms in total. The number of rotatable bonds is 4. The molecule has 2 atom stereocenters. The Labute approximate surface area is 116 Å². The fourth-order valence-electron chi connectivity index (χ4n) is 3.60. The SMILES string of the molecule is C[C@@H](NC[C@@H]1COC2(CCOCC2)O1)C1CCCC1. The fraction of sp³-hybridized carbons (Fsp3) is 1.00. The lowest BCUT2D eigenvalue weighted by atomic mass is 10.00. The Morgan fingerprint density at radius 1 is 1.21 bits per heavy atom. The molecule has 0 unspecified atom stereocenters. The van der Waals surface area contributed by atoms with Crippen LogP contribution in [0.5, 0.6) is 0 Å². The van der Waals surface area contributed by atoms with E-state index in [1.165, 1.54) is 25.7 Å². The molecule has 3 aliphatic rings. The maximum absolute atomic E-state index is 6.14. The van der Waals surface area contributed by atoms with E-state index >= 15 is 0 Å². The van der Waals surface area contributed by atoms with Crippen LogP contribution in [-0.4, -0.2) is 44.3 Å². The lowest BCUT2D eigenvalue weighted by Gasteiger charge is -2.32. The maximum Gasteiger partial charge on any atom is 0.173 e. The third kappa shape index (κ3) is 3.30. The van der Waals surface area contributed by atoms with Gasteiger partial charge in [-0.3, -0.25) is 0 Å². The summed E-state index contributed by atoms with van der Waals surface area (Å²) in [5, 5.41) is 3.65. The van der Waals surface area contributed by atoms with Gasteiger partial charge in [-0.2, -0.15) is 0 Å². The summed E-state index contributed by atoms with van der Waals surface area (Å²) >= 11 is 0. The second-order valence-corrected chi connectivity index (χ2v) is 6.32. The molecule has 1 N–H and O–H groups in total. The monoisotopic (exact) mass is 269 g/mol. The van der Waals surface area contributed by atoms with Crippen LogP contribution in [0.1, 0.15) is 45.4 Å². The Morgan fingerprint density at radius 2 is 1.95 bits per heavy atom. The van der Waals surface area contributed by atoms with Gasteiger partial charge < -0.3 is 19.5 Å². The number of hydrogen-bond acceptors (Lipinski definition) is 4. The second-order valence-electron chi connectivity index (χ2n) is 6.32. The zero-order chi connectivity index (χ0) is 13.1. The summed E-state index contributed by atoms with van der Waals surface area (Å²) in [6.07, 6.45) is 7.55. The lowest BCUT2D eigenvalue weighted by molar-refractivity contribution is -0.210. The molecule has 0 amide bonds. The number of ether oxygens (including phenoxy) is 3. The topological polar surface area (TPSA) is 39.7 Å². The van der Waals surface area contributed by atoms with Crippen molar-refractivity contribution in [3.63, 3.8) is 0 Å².